The lowest BCUT2D eigenvalue weighted by atomic mass is 10.1. The number of ether oxygens (including phenoxy) is 2. The maximum absolute atomic E-state index is 12.4. The van der Waals surface area contributed by atoms with Gasteiger partial charge in [-0.1, -0.05) is 134 Å². The van der Waals surface area contributed by atoms with Gasteiger partial charge in [0, 0.05) is 19.4 Å². The summed E-state index contributed by atoms with van der Waals surface area (Å²) < 4.78 is 32.5. The second-order valence-electron chi connectivity index (χ2n) is 12.1. The van der Waals surface area contributed by atoms with E-state index in [-0.39, 0.29) is 32.6 Å². The summed E-state index contributed by atoms with van der Waals surface area (Å²) in [5.74, 6) is -0.886. The van der Waals surface area contributed by atoms with Gasteiger partial charge in [-0.2, -0.15) is 0 Å². The summed E-state index contributed by atoms with van der Waals surface area (Å²) in [6.45, 7) is 3.63. The van der Waals surface area contributed by atoms with Crippen molar-refractivity contribution in [1.82, 2.24) is 0 Å². The Morgan fingerprint density at radius 2 is 1.15 bits per heavy atom. The molecule has 0 saturated heterocycles. The van der Waals surface area contributed by atoms with Crippen LogP contribution in [0.4, 0.5) is 0 Å². The van der Waals surface area contributed by atoms with Gasteiger partial charge in [-0.15, -0.1) is 0 Å². The van der Waals surface area contributed by atoms with Gasteiger partial charge >= 0.3 is 19.8 Å². The van der Waals surface area contributed by atoms with Crippen molar-refractivity contribution < 1.29 is 37.6 Å². The van der Waals surface area contributed by atoms with Gasteiger partial charge in [0.05, 0.1) is 13.2 Å². The van der Waals surface area contributed by atoms with Gasteiger partial charge in [0.1, 0.15) is 6.61 Å². The van der Waals surface area contributed by atoms with Crippen molar-refractivity contribution in [3.8, 4) is 0 Å². The molecule has 0 radical (unpaired) electrons. The van der Waals surface area contributed by atoms with Crippen molar-refractivity contribution >= 4 is 19.8 Å². The quantitative estimate of drug-likeness (QED) is 0.0296. The molecule has 2 atom stereocenters. The van der Waals surface area contributed by atoms with Crippen molar-refractivity contribution in [2.24, 2.45) is 5.73 Å². The monoisotopic (exact) mass is 673 g/mol. The minimum Gasteiger partial charge on any atom is -0.462 e. The number of carbonyl (C=O) groups excluding carboxylic acids is 2. The third-order valence-corrected chi connectivity index (χ3v) is 8.57. The smallest absolute Gasteiger partial charge is 0.462 e. The van der Waals surface area contributed by atoms with E-state index in [9.17, 15) is 19.0 Å². The van der Waals surface area contributed by atoms with E-state index in [1.54, 1.807) is 0 Å². The van der Waals surface area contributed by atoms with E-state index in [0.29, 0.717) is 12.8 Å². The third-order valence-electron chi connectivity index (χ3n) is 7.59. The summed E-state index contributed by atoms with van der Waals surface area (Å²) in [7, 11) is -4.37. The number of hydrogen-bond donors (Lipinski definition) is 2. The van der Waals surface area contributed by atoms with Crippen molar-refractivity contribution in [3.05, 3.63) is 24.3 Å². The predicted octanol–water partition coefficient (Wildman–Crippen LogP) is 9.66. The molecule has 0 rings (SSSR count). The molecule has 0 fully saturated rings. The van der Waals surface area contributed by atoms with Crippen LogP contribution < -0.4 is 5.73 Å². The lowest BCUT2D eigenvalue weighted by Crippen LogP contribution is -2.29. The van der Waals surface area contributed by atoms with E-state index in [2.05, 4.69) is 38.2 Å². The highest BCUT2D eigenvalue weighted by Crippen LogP contribution is 2.43. The molecule has 0 aliphatic heterocycles. The lowest BCUT2D eigenvalue weighted by molar-refractivity contribution is -0.161. The maximum atomic E-state index is 12.4. The SMILES string of the molecule is CCCCCCCCCCC/C=C/C/C=C/CCCC(=O)OC[C@@H](COP(=O)(O)OCCN)OC(=O)CCCCCCCCCC. The van der Waals surface area contributed by atoms with Gasteiger partial charge in [0.15, 0.2) is 6.10 Å². The number of rotatable bonds is 34. The summed E-state index contributed by atoms with van der Waals surface area (Å²) in [5.41, 5.74) is 5.31. The van der Waals surface area contributed by atoms with Crippen molar-refractivity contribution in [1.29, 1.82) is 0 Å². The third kappa shape index (κ3) is 32.4. The molecule has 0 amide bonds. The molecule has 9 nitrogen and oxygen atoms in total. The molecule has 0 spiro atoms. The van der Waals surface area contributed by atoms with E-state index < -0.39 is 32.5 Å². The number of unbranched alkanes of at least 4 members (excludes halogenated alkanes) is 17. The summed E-state index contributed by atoms with van der Waals surface area (Å²) in [4.78, 5) is 34.5. The molecular formula is C36H68NO8P. The molecule has 0 saturated carbocycles. The number of allylic oxidation sites excluding steroid dienone is 4. The number of carbonyl (C=O) groups is 2. The Hall–Kier alpha value is -1.51. The van der Waals surface area contributed by atoms with Crippen LogP contribution in [0.25, 0.3) is 0 Å². The fourth-order valence-electron chi connectivity index (χ4n) is 4.85. The first-order chi connectivity index (χ1) is 22.3. The first-order valence-corrected chi connectivity index (χ1v) is 19.8. The Morgan fingerprint density at radius 1 is 0.652 bits per heavy atom. The Kier molecular flexibility index (Phi) is 32.3. The summed E-state index contributed by atoms with van der Waals surface area (Å²) >= 11 is 0. The van der Waals surface area contributed by atoms with Crippen LogP contribution in [0.2, 0.25) is 0 Å². The van der Waals surface area contributed by atoms with E-state index in [1.165, 1.54) is 83.5 Å². The zero-order chi connectivity index (χ0) is 34.0. The molecule has 46 heavy (non-hydrogen) atoms. The molecule has 0 aromatic rings. The van der Waals surface area contributed by atoms with E-state index in [4.69, 9.17) is 24.3 Å². The molecule has 0 heterocycles. The Bertz CT molecular complexity index is 820. The summed E-state index contributed by atoms with van der Waals surface area (Å²) in [6, 6.07) is 0. The summed E-state index contributed by atoms with van der Waals surface area (Å²) in [6.07, 6.45) is 32.3. The highest BCUT2D eigenvalue weighted by molar-refractivity contribution is 7.47. The van der Waals surface area contributed by atoms with Gasteiger partial charge < -0.3 is 20.1 Å². The van der Waals surface area contributed by atoms with Crippen LogP contribution in [-0.4, -0.2) is 49.3 Å². The Labute approximate surface area is 281 Å². The largest absolute Gasteiger partial charge is 0.472 e. The van der Waals surface area contributed by atoms with Crippen LogP contribution in [0.15, 0.2) is 24.3 Å². The zero-order valence-electron chi connectivity index (χ0n) is 29.3. The van der Waals surface area contributed by atoms with Crippen LogP contribution in [0.3, 0.4) is 0 Å². The average Bonchev–Trinajstić information content (AvgIpc) is 3.04. The number of esters is 2. The second kappa shape index (κ2) is 33.4. The summed E-state index contributed by atoms with van der Waals surface area (Å²) in [5, 5.41) is 0. The first kappa shape index (κ1) is 44.5. The highest BCUT2D eigenvalue weighted by atomic mass is 31.2. The molecule has 0 aliphatic carbocycles. The van der Waals surface area contributed by atoms with Crippen LogP contribution in [0, 0.1) is 0 Å². The van der Waals surface area contributed by atoms with Gasteiger partial charge in [-0.05, 0) is 38.5 Å². The van der Waals surface area contributed by atoms with Crippen molar-refractivity contribution in [3.63, 3.8) is 0 Å². The topological polar surface area (TPSA) is 134 Å². The highest BCUT2D eigenvalue weighted by Gasteiger charge is 2.25. The number of nitrogens with two attached hydrogens (primary N) is 1. The minimum absolute atomic E-state index is 0.0494. The van der Waals surface area contributed by atoms with E-state index >= 15 is 0 Å². The van der Waals surface area contributed by atoms with Gasteiger partial charge in [-0.3, -0.25) is 18.6 Å². The molecule has 10 heteroatoms. The number of hydrogen-bond acceptors (Lipinski definition) is 8. The van der Waals surface area contributed by atoms with E-state index in [1.807, 2.05) is 0 Å². The van der Waals surface area contributed by atoms with E-state index in [0.717, 1.165) is 38.5 Å². The molecule has 0 aromatic heterocycles. The van der Waals surface area contributed by atoms with Crippen molar-refractivity contribution in [2.75, 3.05) is 26.4 Å². The fraction of sp³-hybridized carbons (Fsp3) is 0.833. The lowest BCUT2D eigenvalue weighted by Gasteiger charge is -2.19. The maximum Gasteiger partial charge on any atom is 0.472 e. The predicted molar refractivity (Wildman–Crippen MR) is 187 cm³/mol. The van der Waals surface area contributed by atoms with Gasteiger partial charge in [-0.25, -0.2) is 4.57 Å². The average molecular weight is 674 g/mol. The molecule has 0 bridgehead atoms. The minimum atomic E-state index is -4.37. The zero-order valence-corrected chi connectivity index (χ0v) is 30.2. The van der Waals surface area contributed by atoms with Crippen LogP contribution in [-0.2, 0) is 32.7 Å². The first-order valence-electron chi connectivity index (χ1n) is 18.3. The molecule has 0 aromatic carbocycles. The van der Waals surface area contributed by atoms with Crippen molar-refractivity contribution in [2.45, 2.75) is 168 Å². The van der Waals surface area contributed by atoms with Crippen LogP contribution in [0.5, 0.6) is 0 Å². The molecule has 270 valence electrons. The Balaban J connectivity index is 4.23. The van der Waals surface area contributed by atoms with Crippen LogP contribution >= 0.6 is 7.82 Å². The fourth-order valence-corrected chi connectivity index (χ4v) is 5.61. The number of phosphoric acid groups is 1. The molecule has 3 N–H and O–H groups in total. The second-order valence-corrected chi connectivity index (χ2v) is 13.5. The Morgan fingerprint density at radius 3 is 1.72 bits per heavy atom. The normalized spacial score (nSPS) is 13.7. The molecule has 1 unspecified atom stereocenters. The molecular weight excluding hydrogens is 605 g/mol. The van der Waals surface area contributed by atoms with Gasteiger partial charge in [0.2, 0.25) is 0 Å². The standard InChI is InChI=1S/C36H68NO8P/c1-3-5-7-9-11-13-14-15-16-17-18-19-20-21-23-24-26-28-35(38)42-32-34(33-44-46(40,41)43-31-30-37)45-36(39)29-27-25-22-12-10-8-6-4-2/h18-19,21,23,34H,3-17,20,22,24-33,37H2,1-2H3,(H,40,41)/b19-18+,23-21+/t34-/m0/s1. The number of phosphoric ester groups is 1. The van der Waals surface area contributed by atoms with Crippen LogP contribution in [0.1, 0.15) is 162 Å². The van der Waals surface area contributed by atoms with Gasteiger partial charge in [0.25, 0.3) is 0 Å². The molecule has 0 aliphatic rings.